The zero-order valence-corrected chi connectivity index (χ0v) is 11.3. The average molecular weight is 271 g/mol. The smallest absolute Gasteiger partial charge is 0.211 e. The van der Waals surface area contributed by atoms with E-state index in [0.29, 0.717) is 0 Å². The van der Waals surface area contributed by atoms with Gasteiger partial charge in [-0.2, -0.15) is 0 Å². The van der Waals surface area contributed by atoms with Crippen molar-refractivity contribution >= 4 is 44.4 Å². The molecule has 4 rings (SSSR count). The first-order valence-electron chi connectivity index (χ1n) is 6.92. The van der Waals surface area contributed by atoms with Gasteiger partial charge in [-0.25, -0.2) is 0 Å². The molecule has 0 spiro atoms. The Balaban J connectivity index is 2.29. The van der Waals surface area contributed by atoms with Crippen LogP contribution in [0.25, 0.3) is 32.3 Å². The number of benzene rings is 4. The van der Waals surface area contributed by atoms with Crippen LogP contribution in [0.15, 0.2) is 66.7 Å². The number of carbonyl (C=O) groups excluding carboxylic acids is 1. The van der Waals surface area contributed by atoms with Gasteiger partial charge in [-0.15, -0.1) is 0 Å². The van der Waals surface area contributed by atoms with Crippen molar-refractivity contribution in [3.05, 3.63) is 66.7 Å². The van der Waals surface area contributed by atoms with Crippen molar-refractivity contribution in [2.75, 3.05) is 5.32 Å². The van der Waals surface area contributed by atoms with E-state index in [2.05, 4.69) is 41.7 Å². The standard InChI is InChI=1S/C19H13NO/c21-12-20-18-11-14-6-2-3-7-15(14)17-10-9-13-5-1-4-8-16(13)19(17)18/h1-12H,(H,20,21). The Hall–Kier alpha value is -2.87. The van der Waals surface area contributed by atoms with Gasteiger partial charge in [0.15, 0.2) is 0 Å². The van der Waals surface area contributed by atoms with Gasteiger partial charge in [0, 0.05) is 11.1 Å². The van der Waals surface area contributed by atoms with Gasteiger partial charge in [0.2, 0.25) is 6.41 Å². The van der Waals surface area contributed by atoms with E-state index in [-0.39, 0.29) is 0 Å². The highest BCUT2D eigenvalue weighted by Gasteiger charge is 2.09. The van der Waals surface area contributed by atoms with Gasteiger partial charge in [-0.1, -0.05) is 60.7 Å². The lowest BCUT2D eigenvalue weighted by Gasteiger charge is -2.12. The molecule has 0 atom stereocenters. The highest BCUT2D eigenvalue weighted by molar-refractivity contribution is 6.23. The van der Waals surface area contributed by atoms with Crippen LogP contribution >= 0.6 is 0 Å². The first-order chi connectivity index (χ1) is 10.4. The van der Waals surface area contributed by atoms with Crippen LogP contribution in [0.4, 0.5) is 5.69 Å². The van der Waals surface area contributed by atoms with E-state index in [1.807, 2.05) is 30.3 Å². The molecule has 0 aliphatic rings. The molecule has 2 nitrogen and oxygen atoms in total. The van der Waals surface area contributed by atoms with E-state index < -0.39 is 0 Å². The Morgan fingerprint density at radius 3 is 2.24 bits per heavy atom. The molecule has 0 aliphatic carbocycles. The third-order valence-corrected chi connectivity index (χ3v) is 3.96. The van der Waals surface area contributed by atoms with Crippen LogP contribution in [-0.2, 0) is 4.79 Å². The van der Waals surface area contributed by atoms with Crippen molar-refractivity contribution in [2.24, 2.45) is 0 Å². The second-order valence-electron chi connectivity index (χ2n) is 5.12. The summed E-state index contributed by atoms with van der Waals surface area (Å²) in [5.74, 6) is 0. The summed E-state index contributed by atoms with van der Waals surface area (Å²) in [6.07, 6.45) is 0.741. The van der Waals surface area contributed by atoms with Crippen molar-refractivity contribution < 1.29 is 4.79 Å². The fourth-order valence-electron chi connectivity index (χ4n) is 3.06. The van der Waals surface area contributed by atoms with Crippen LogP contribution in [-0.4, -0.2) is 6.41 Å². The molecular formula is C19H13NO. The lowest BCUT2D eigenvalue weighted by molar-refractivity contribution is -0.105. The Labute approximate surface area is 122 Å². The molecule has 0 radical (unpaired) electrons. The summed E-state index contributed by atoms with van der Waals surface area (Å²) in [7, 11) is 0. The summed E-state index contributed by atoms with van der Waals surface area (Å²) in [6.45, 7) is 0. The van der Waals surface area contributed by atoms with Crippen molar-refractivity contribution in [1.29, 1.82) is 0 Å². The van der Waals surface area contributed by atoms with Crippen LogP contribution in [0.2, 0.25) is 0 Å². The molecule has 2 heteroatoms. The summed E-state index contributed by atoms with van der Waals surface area (Å²) in [5, 5.41) is 9.78. The highest BCUT2D eigenvalue weighted by atomic mass is 16.1. The highest BCUT2D eigenvalue weighted by Crippen LogP contribution is 2.36. The van der Waals surface area contributed by atoms with E-state index in [1.54, 1.807) is 0 Å². The van der Waals surface area contributed by atoms with Crippen molar-refractivity contribution in [3.63, 3.8) is 0 Å². The largest absolute Gasteiger partial charge is 0.328 e. The molecule has 0 heterocycles. The fraction of sp³-hybridized carbons (Fsp3) is 0. The van der Waals surface area contributed by atoms with Crippen LogP contribution in [0.3, 0.4) is 0 Å². The zero-order chi connectivity index (χ0) is 14.2. The molecule has 1 N–H and O–H groups in total. The van der Waals surface area contributed by atoms with Crippen LogP contribution in [0.1, 0.15) is 0 Å². The minimum atomic E-state index is 0.741. The summed E-state index contributed by atoms with van der Waals surface area (Å²) in [6, 6.07) is 22.8. The van der Waals surface area contributed by atoms with Crippen molar-refractivity contribution in [1.82, 2.24) is 0 Å². The first-order valence-corrected chi connectivity index (χ1v) is 6.92. The minimum Gasteiger partial charge on any atom is -0.328 e. The van der Waals surface area contributed by atoms with Crippen molar-refractivity contribution in [3.8, 4) is 0 Å². The maximum atomic E-state index is 11.0. The summed E-state index contributed by atoms with van der Waals surface area (Å²) in [5.41, 5.74) is 0.857. The number of hydrogen-bond donors (Lipinski definition) is 1. The molecule has 0 fully saturated rings. The number of carbonyl (C=O) groups is 1. The first kappa shape index (κ1) is 11.9. The number of anilines is 1. The Bertz CT molecular complexity index is 988. The van der Waals surface area contributed by atoms with E-state index in [4.69, 9.17) is 0 Å². The molecule has 0 aromatic heterocycles. The molecule has 4 aromatic rings. The molecule has 4 aromatic carbocycles. The zero-order valence-electron chi connectivity index (χ0n) is 11.3. The number of amides is 1. The quantitative estimate of drug-likeness (QED) is 0.415. The Kier molecular flexibility index (Phi) is 2.61. The van der Waals surface area contributed by atoms with Gasteiger partial charge < -0.3 is 5.32 Å². The van der Waals surface area contributed by atoms with E-state index in [9.17, 15) is 4.79 Å². The molecule has 0 bridgehead atoms. The summed E-state index contributed by atoms with van der Waals surface area (Å²) in [4.78, 5) is 11.0. The molecule has 1 amide bonds. The van der Waals surface area contributed by atoms with Gasteiger partial charge in [-0.3, -0.25) is 4.79 Å². The number of rotatable bonds is 2. The summed E-state index contributed by atoms with van der Waals surface area (Å²) < 4.78 is 0. The second kappa shape index (κ2) is 4.60. The minimum absolute atomic E-state index is 0.741. The molecular weight excluding hydrogens is 258 g/mol. The predicted octanol–water partition coefficient (Wildman–Crippen LogP) is 4.71. The maximum Gasteiger partial charge on any atom is 0.211 e. The predicted molar refractivity (Wildman–Crippen MR) is 88.6 cm³/mol. The SMILES string of the molecule is O=CNc1cc2ccccc2c2ccc3ccccc3c12. The molecule has 0 saturated heterocycles. The van der Waals surface area contributed by atoms with Gasteiger partial charge in [0.25, 0.3) is 0 Å². The number of fused-ring (bicyclic) bond motifs is 5. The van der Waals surface area contributed by atoms with E-state index >= 15 is 0 Å². The molecule has 0 unspecified atom stereocenters. The van der Waals surface area contributed by atoms with Gasteiger partial charge in [0.05, 0.1) is 0 Å². The number of hydrogen-bond acceptors (Lipinski definition) is 1. The third-order valence-electron chi connectivity index (χ3n) is 3.96. The topological polar surface area (TPSA) is 29.1 Å². The molecule has 0 saturated carbocycles. The van der Waals surface area contributed by atoms with Crippen LogP contribution in [0.5, 0.6) is 0 Å². The normalized spacial score (nSPS) is 11.0. The lowest BCUT2D eigenvalue weighted by Crippen LogP contribution is -1.95. The van der Waals surface area contributed by atoms with Gasteiger partial charge >= 0.3 is 0 Å². The van der Waals surface area contributed by atoms with E-state index in [0.717, 1.165) is 33.6 Å². The number of nitrogens with one attached hydrogen (secondary N) is 1. The monoisotopic (exact) mass is 271 g/mol. The molecule has 21 heavy (non-hydrogen) atoms. The van der Waals surface area contributed by atoms with Crippen LogP contribution < -0.4 is 5.32 Å². The van der Waals surface area contributed by atoms with Crippen LogP contribution in [0, 0.1) is 0 Å². The second-order valence-corrected chi connectivity index (χ2v) is 5.12. The molecule has 0 aliphatic heterocycles. The van der Waals surface area contributed by atoms with Gasteiger partial charge in [-0.05, 0) is 33.0 Å². The average Bonchev–Trinajstić information content (AvgIpc) is 2.54. The third kappa shape index (κ3) is 1.77. The lowest BCUT2D eigenvalue weighted by atomic mass is 9.95. The Morgan fingerprint density at radius 2 is 1.43 bits per heavy atom. The van der Waals surface area contributed by atoms with Crippen molar-refractivity contribution in [2.45, 2.75) is 0 Å². The van der Waals surface area contributed by atoms with Gasteiger partial charge in [0.1, 0.15) is 0 Å². The Morgan fingerprint density at radius 1 is 0.714 bits per heavy atom. The maximum absolute atomic E-state index is 11.0. The molecule has 100 valence electrons. The summed E-state index contributed by atoms with van der Waals surface area (Å²) >= 11 is 0. The van der Waals surface area contributed by atoms with E-state index in [1.165, 1.54) is 10.8 Å². The fourth-order valence-corrected chi connectivity index (χ4v) is 3.06.